The van der Waals surface area contributed by atoms with E-state index in [0.717, 1.165) is 42.4 Å². The molecular weight excluding hydrogens is 510 g/mol. The second-order valence-electron chi connectivity index (χ2n) is 10.0. The number of carbonyl (C=O) groups excluding carboxylic acids is 2. The zero-order valence-corrected chi connectivity index (χ0v) is 23.7. The Morgan fingerprint density at radius 3 is 2.41 bits per heavy atom. The van der Waals surface area contributed by atoms with Gasteiger partial charge in [-0.25, -0.2) is 8.42 Å². The van der Waals surface area contributed by atoms with Gasteiger partial charge in [0.25, 0.3) is 0 Å². The molecule has 1 unspecified atom stereocenters. The maximum atomic E-state index is 13.4. The van der Waals surface area contributed by atoms with Gasteiger partial charge in [-0.1, -0.05) is 42.6 Å². The molecule has 1 saturated carbocycles. The van der Waals surface area contributed by atoms with Gasteiger partial charge in [-0.3, -0.25) is 13.9 Å². The molecule has 1 aliphatic carbocycles. The monoisotopic (exact) mass is 547 g/mol. The summed E-state index contributed by atoms with van der Waals surface area (Å²) in [6, 6.07) is 12.2. The molecule has 0 saturated heterocycles. The smallest absolute Gasteiger partial charge is 0.242 e. The summed E-state index contributed by atoms with van der Waals surface area (Å²) in [5.74, 6) is -0.377. The van der Waals surface area contributed by atoms with Gasteiger partial charge in [0, 0.05) is 30.6 Å². The third-order valence-electron chi connectivity index (χ3n) is 7.04. The van der Waals surface area contributed by atoms with Crippen LogP contribution in [0, 0.1) is 13.8 Å². The van der Waals surface area contributed by atoms with Crippen LogP contribution in [0.2, 0.25) is 5.02 Å². The highest BCUT2D eigenvalue weighted by Crippen LogP contribution is 2.23. The number of aryl methyl sites for hydroxylation is 2. The fourth-order valence-electron chi connectivity index (χ4n) is 4.69. The standard InChI is InChI=1S/C28H38ClN3O4S/c1-20-14-15-26(17-21(20)2)32(37(4,35)36)16-8-13-27(33)31(19-23-9-7-10-24(29)18-23)22(3)28(34)30-25-11-5-6-12-25/h7,9-10,14-15,17-18,22,25H,5-6,8,11-13,16,19H2,1-4H3,(H,30,34). The summed E-state index contributed by atoms with van der Waals surface area (Å²) in [7, 11) is -3.53. The number of rotatable bonds is 11. The van der Waals surface area contributed by atoms with Crippen LogP contribution < -0.4 is 9.62 Å². The van der Waals surface area contributed by atoms with Gasteiger partial charge in [0.1, 0.15) is 6.04 Å². The number of hydrogen-bond acceptors (Lipinski definition) is 4. The summed E-state index contributed by atoms with van der Waals surface area (Å²) in [6.07, 6.45) is 5.72. The Morgan fingerprint density at radius 2 is 1.78 bits per heavy atom. The number of anilines is 1. The van der Waals surface area contributed by atoms with Crippen molar-refractivity contribution in [3.8, 4) is 0 Å². The van der Waals surface area contributed by atoms with Gasteiger partial charge in [-0.05, 0) is 81.0 Å². The molecule has 0 spiro atoms. The summed E-state index contributed by atoms with van der Waals surface area (Å²) in [4.78, 5) is 28.0. The Morgan fingerprint density at radius 1 is 1.08 bits per heavy atom. The Labute approximate surface area is 226 Å². The van der Waals surface area contributed by atoms with Crippen LogP contribution in [-0.2, 0) is 26.2 Å². The molecule has 2 aromatic carbocycles. The van der Waals surface area contributed by atoms with Crippen molar-refractivity contribution >= 4 is 39.1 Å². The van der Waals surface area contributed by atoms with Crippen LogP contribution in [0.4, 0.5) is 5.69 Å². The first-order valence-corrected chi connectivity index (χ1v) is 15.1. The van der Waals surface area contributed by atoms with E-state index in [4.69, 9.17) is 11.6 Å². The number of benzene rings is 2. The number of carbonyl (C=O) groups is 2. The molecule has 1 N–H and O–H groups in total. The molecular formula is C28H38ClN3O4S. The lowest BCUT2D eigenvalue weighted by Gasteiger charge is -2.30. The molecule has 3 rings (SSSR count). The van der Waals surface area contributed by atoms with E-state index in [1.165, 1.54) is 10.6 Å². The second kappa shape index (κ2) is 12.8. The minimum absolute atomic E-state index is 0.110. The fraction of sp³-hybridized carbons (Fsp3) is 0.500. The molecule has 2 aromatic rings. The van der Waals surface area contributed by atoms with Crippen molar-refractivity contribution in [1.82, 2.24) is 10.2 Å². The van der Waals surface area contributed by atoms with Crippen LogP contribution in [0.1, 0.15) is 62.1 Å². The normalized spacial score (nSPS) is 14.8. The number of amides is 2. The van der Waals surface area contributed by atoms with Gasteiger partial charge in [-0.2, -0.15) is 0 Å². The third kappa shape index (κ3) is 8.20. The summed E-state index contributed by atoms with van der Waals surface area (Å²) >= 11 is 6.16. The van der Waals surface area contributed by atoms with E-state index < -0.39 is 16.1 Å². The van der Waals surface area contributed by atoms with Crippen molar-refractivity contribution in [2.45, 2.75) is 77.9 Å². The van der Waals surface area contributed by atoms with E-state index in [2.05, 4.69) is 5.32 Å². The number of sulfonamides is 1. The zero-order valence-electron chi connectivity index (χ0n) is 22.2. The maximum absolute atomic E-state index is 13.4. The molecule has 1 atom stereocenters. The van der Waals surface area contributed by atoms with Crippen molar-refractivity contribution in [3.05, 3.63) is 64.2 Å². The molecule has 1 fully saturated rings. The van der Waals surface area contributed by atoms with Gasteiger partial charge in [0.2, 0.25) is 21.8 Å². The van der Waals surface area contributed by atoms with Crippen LogP contribution in [0.5, 0.6) is 0 Å². The van der Waals surface area contributed by atoms with E-state index in [0.29, 0.717) is 17.1 Å². The quantitative estimate of drug-likeness (QED) is 0.430. The van der Waals surface area contributed by atoms with Crippen molar-refractivity contribution in [2.24, 2.45) is 0 Å². The highest BCUT2D eigenvalue weighted by molar-refractivity contribution is 7.92. The first-order chi connectivity index (χ1) is 17.5. The van der Waals surface area contributed by atoms with E-state index >= 15 is 0 Å². The SMILES string of the molecule is Cc1ccc(N(CCCC(=O)N(Cc2cccc(Cl)c2)C(C)C(=O)NC2CCCC2)S(C)(=O)=O)cc1C. The molecule has 7 nitrogen and oxygen atoms in total. The molecule has 202 valence electrons. The van der Waals surface area contributed by atoms with E-state index in [9.17, 15) is 18.0 Å². The predicted molar refractivity (Wildman–Crippen MR) is 149 cm³/mol. The molecule has 9 heteroatoms. The second-order valence-corrected chi connectivity index (χ2v) is 12.4. The number of nitrogens with one attached hydrogen (secondary N) is 1. The first kappa shape index (κ1) is 29.0. The average Bonchev–Trinajstić information content (AvgIpc) is 3.34. The molecule has 1 aliphatic rings. The summed E-state index contributed by atoms with van der Waals surface area (Å²) < 4.78 is 26.4. The van der Waals surface area contributed by atoms with E-state index in [-0.39, 0.29) is 37.4 Å². The Kier molecular flexibility index (Phi) is 10.0. The van der Waals surface area contributed by atoms with Crippen molar-refractivity contribution < 1.29 is 18.0 Å². The van der Waals surface area contributed by atoms with E-state index in [1.54, 1.807) is 30.0 Å². The molecule has 0 aliphatic heterocycles. The topological polar surface area (TPSA) is 86.8 Å². The summed E-state index contributed by atoms with van der Waals surface area (Å²) in [5, 5.41) is 3.65. The number of hydrogen-bond donors (Lipinski definition) is 1. The van der Waals surface area contributed by atoms with E-state index in [1.807, 2.05) is 38.1 Å². The highest BCUT2D eigenvalue weighted by atomic mass is 35.5. The van der Waals surface area contributed by atoms with Crippen molar-refractivity contribution in [3.63, 3.8) is 0 Å². The number of nitrogens with zero attached hydrogens (tertiary/aromatic N) is 2. The average molecular weight is 548 g/mol. The predicted octanol–water partition coefficient (Wildman–Crippen LogP) is 4.98. The summed E-state index contributed by atoms with van der Waals surface area (Å²) in [5.41, 5.74) is 3.48. The van der Waals surface area contributed by atoms with Crippen LogP contribution in [0.25, 0.3) is 0 Å². The molecule has 0 bridgehead atoms. The molecule has 0 aromatic heterocycles. The largest absolute Gasteiger partial charge is 0.352 e. The fourth-order valence-corrected chi connectivity index (χ4v) is 5.86. The molecule has 0 radical (unpaired) electrons. The minimum Gasteiger partial charge on any atom is -0.352 e. The van der Waals surface area contributed by atoms with Gasteiger partial charge in [-0.15, -0.1) is 0 Å². The number of halogens is 1. The van der Waals surface area contributed by atoms with Crippen molar-refractivity contribution in [2.75, 3.05) is 17.1 Å². The van der Waals surface area contributed by atoms with Crippen LogP contribution in [-0.4, -0.2) is 50.0 Å². The Balaban J connectivity index is 1.73. The summed E-state index contributed by atoms with van der Waals surface area (Å²) in [6.45, 7) is 6.06. The highest BCUT2D eigenvalue weighted by Gasteiger charge is 2.28. The van der Waals surface area contributed by atoms with Crippen LogP contribution >= 0.6 is 11.6 Å². The van der Waals surface area contributed by atoms with Crippen LogP contribution in [0.3, 0.4) is 0 Å². The Hall–Kier alpha value is -2.58. The maximum Gasteiger partial charge on any atom is 0.242 e. The first-order valence-electron chi connectivity index (χ1n) is 12.8. The zero-order chi connectivity index (χ0) is 27.2. The lowest BCUT2D eigenvalue weighted by molar-refractivity contribution is -0.141. The Bertz CT molecular complexity index is 1210. The molecule has 37 heavy (non-hydrogen) atoms. The van der Waals surface area contributed by atoms with Crippen molar-refractivity contribution in [1.29, 1.82) is 0 Å². The van der Waals surface area contributed by atoms with Gasteiger partial charge >= 0.3 is 0 Å². The third-order valence-corrected chi connectivity index (χ3v) is 8.47. The van der Waals surface area contributed by atoms with Gasteiger partial charge in [0.05, 0.1) is 11.9 Å². The minimum atomic E-state index is -3.53. The lowest BCUT2D eigenvalue weighted by Crippen LogP contribution is -2.49. The van der Waals surface area contributed by atoms with Crippen LogP contribution in [0.15, 0.2) is 42.5 Å². The molecule has 0 heterocycles. The van der Waals surface area contributed by atoms with Gasteiger partial charge in [0.15, 0.2) is 0 Å². The molecule has 2 amide bonds. The van der Waals surface area contributed by atoms with Gasteiger partial charge < -0.3 is 10.2 Å². The lowest BCUT2D eigenvalue weighted by atomic mass is 10.1.